The van der Waals surface area contributed by atoms with E-state index in [1.54, 1.807) is 0 Å². The first kappa shape index (κ1) is 14.2. The van der Waals surface area contributed by atoms with Crippen molar-refractivity contribution in [2.24, 2.45) is 5.73 Å². The lowest BCUT2D eigenvalue weighted by atomic mass is 10.1. The van der Waals surface area contributed by atoms with E-state index in [1.807, 2.05) is 25.1 Å². The fourth-order valence-electron chi connectivity index (χ4n) is 1.52. The fraction of sp³-hybridized carbons (Fsp3) is 0.462. The highest BCUT2D eigenvalue weighted by molar-refractivity contribution is 9.10. The molecule has 17 heavy (non-hydrogen) atoms. The number of carbonyl (C=O) groups excluding carboxylic acids is 1. The van der Waals surface area contributed by atoms with Crippen LogP contribution < -0.4 is 11.1 Å². The quantitative estimate of drug-likeness (QED) is 0.877. The Kier molecular flexibility index (Phi) is 5.65. The van der Waals surface area contributed by atoms with Gasteiger partial charge in [0, 0.05) is 10.2 Å². The molecule has 0 saturated carbocycles. The number of rotatable bonds is 5. The largest absolute Gasteiger partial charge is 0.324 e. The van der Waals surface area contributed by atoms with E-state index in [4.69, 9.17) is 5.73 Å². The molecule has 1 unspecified atom stereocenters. The predicted octanol–water partition coefficient (Wildman–Crippen LogP) is 3.21. The highest BCUT2D eigenvalue weighted by atomic mass is 79.9. The third-order valence-electron chi connectivity index (χ3n) is 2.73. The van der Waals surface area contributed by atoms with Gasteiger partial charge in [0.1, 0.15) is 0 Å². The molecule has 1 aromatic rings. The molecule has 4 heteroatoms. The first-order valence-corrected chi connectivity index (χ1v) is 6.67. The van der Waals surface area contributed by atoms with Gasteiger partial charge in [-0.05, 0) is 31.0 Å². The lowest BCUT2D eigenvalue weighted by Crippen LogP contribution is -2.35. The Labute approximate surface area is 111 Å². The maximum absolute atomic E-state index is 11.8. The number of unbranched alkanes of at least 4 members (excludes halogenated alkanes) is 1. The second-order valence-corrected chi connectivity index (χ2v) is 5.00. The number of nitrogens with one attached hydrogen (secondary N) is 1. The third-order valence-corrected chi connectivity index (χ3v) is 3.59. The SMILES string of the molecule is CCCCC(N)C(=O)Nc1cccc(Br)c1C. The number of hydrogen-bond donors (Lipinski definition) is 2. The van der Waals surface area contributed by atoms with Gasteiger partial charge in [0.2, 0.25) is 5.91 Å². The van der Waals surface area contributed by atoms with Crippen molar-refractivity contribution >= 4 is 27.5 Å². The molecule has 3 N–H and O–H groups in total. The summed E-state index contributed by atoms with van der Waals surface area (Å²) in [5.74, 6) is -0.111. The van der Waals surface area contributed by atoms with Gasteiger partial charge in [-0.2, -0.15) is 0 Å². The molecule has 1 aromatic carbocycles. The van der Waals surface area contributed by atoms with Crippen molar-refractivity contribution in [2.45, 2.75) is 39.2 Å². The molecular weight excluding hydrogens is 280 g/mol. The summed E-state index contributed by atoms with van der Waals surface area (Å²) in [4.78, 5) is 11.8. The van der Waals surface area contributed by atoms with E-state index in [2.05, 4.69) is 28.2 Å². The first-order valence-electron chi connectivity index (χ1n) is 5.87. The van der Waals surface area contributed by atoms with Crippen LogP contribution in [0.2, 0.25) is 0 Å². The molecule has 1 amide bonds. The molecular formula is C13H19BrN2O. The highest BCUT2D eigenvalue weighted by Gasteiger charge is 2.14. The Bertz CT molecular complexity index is 393. The van der Waals surface area contributed by atoms with Crippen LogP contribution in [0.5, 0.6) is 0 Å². The molecule has 0 bridgehead atoms. The van der Waals surface area contributed by atoms with E-state index >= 15 is 0 Å². The minimum atomic E-state index is -0.423. The minimum absolute atomic E-state index is 0.111. The van der Waals surface area contributed by atoms with Crippen molar-refractivity contribution < 1.29 is 4.79 Å². The van der Waals surface area contributed by atoms with Crippen molar-refractivity contribution in [2.75, 3.05) is 5.32 Å². The topological polar surface area (TPSA) is 55.1 Å². The minimum Gasteiger partial charge on any atom is -0.324 e. The fourth-order valence-corrected chi connectivity index (χ4v) is 1.89. The number of nitrogens with two attached hydrogens (primary N) is 1. The predicted molar refractivity (Wildman–Crippen MR) is 75.0 cm³/mol. The third kappa shape index (κ3) is 4.13. The van der Waals surface area contributed by atoms with Crippen LogP contribution in [0.1, 0.15) is 31.7 Å². The van der Waals surface area contributed by atoms with E-state index in [0.717, 1.165) is 35.0 Å². The van der Waals surface area contributed by atoms with E-state index in [1.165, 1.54) is 0 Å². The summed E-state index contributed by atoms with van der Waals surface area (Å²) in [7, 11) is 0. The summed E-state index contributed by atoms with van der Waals surface area (Å²) < 4.78 is 0.984. The zero-order chi connectivity index (χ0) is 12.8. The second-order valence-electron chi connectivity index (χ2n) is 4.15. The maximum atomic E-state index is 11.8. The normalized spacial score (nSPS) is 12.2. The van der Waals surface area contributed by atoms with Crippen LogP contribution in [0.25, 0.3) is 0 Å². The monoisotopic (exact) mass is 298 g/mol. The van der Waals surface area contributed by atoms with Crippen molar-refractivity contribution in [3.63, 3.8) is 0 Å². The maximum Gasteiger partial charge on any atom is 0.241 e. The molecule has 0 aliphatic rings. The molecule has 0 fully saturated rings. The van der Waals surface area contributed by atoms with Gasteiger partial charge in [-0.3, -0.25) is 4.79 Å². The Hall–Kier alpha value is -0.870. The van der Waals surface area contributed by atoms with Crippen molar-refractivity contribution in [1.29, 1.82) is 0 Å². The van der Waals surface area contributed by atoms with Gasteiger partial charge in [-0.1, -0.05) is 41.8 Å². The molecule has 0 saturated heterocycles. The first-order chi connectivity index (χ1) is 8.06. The van der Waals surface area contributed by atoms with Crippen LogP contribution in [-0.2, 0) is 4.79 Å². The van der Waals surface area contributed by atoms with Crippen LogP contribution in [0.4, 0.5) is 5.69 Å². The van der Waals surface area contributed by atoms with Gasteiger partial charge in [0.05, 0.1) is 6.04 Å². The van der Waals surface area contributed by atoms with Gasteiger partial charge >= 0.3 is 0 Å². The molecule has 0 aliphatic carbocycles. The Morgan fingerprint density at radius 2 is 2.24 bits per heavy atom. The summed E-state index contributed by atoms with van der Waals surface area (Å²) in [5.41, 5.74) is 7.65. The lowest BCUT2D eigenvalue weighted by molar-refractivity contribution is -0.117. The van der Waals surface area contributed by atoms with Crippen LogP contribution in [0.3, 0.4) is 0 Å². The van der Waals surface area contributed by atoms with Crippen LogP contribution in [-0.4, -0.2) is 11.9 Å². The molecule has 94 valence electrons. The van der Waals surface area contributed by atoms with Gasteiger partial charge in [-0.25, -0.2) is 0 Å². The Morgan fingerprint density at radius 1 is 1.53 bits per heavy atom. The Morgan fingerprint density at radius 3 is 2.88 bits per heavy atom. The summed E-state index contributed by atoms with van der Waals surface area (Å²) in [6, 6.07) is 5.30. The molecule has 3 nitrogen and oxygen atoms in total. The van der Waals surface area contributed by atoms with Crippen molar-refractivity contribution in [3.05, 3.63) is 28.2 Å². The van der Waals surface area contributed by atoms with Gasteiger partial charge < -0.3 is 11.1 Å². The van der Waals surface area contributed by atoms with E-state index in [0.29, 0.717) is 0 Å². The number of anilines is 1. The van der Waals surface area contributed by atoms with Crippen LogP contribution in [0.15, 0.2) is 22.7 Å². The summed E-state index contributed by atoms with van der Waals surface area (Å²) in [6.07, 6.45) is 2.76. The zero-order valence-corrected chi connectivity index (χ0v) is 11.9. The number of carbonyl (C=O) groups is 1. The second kappa shape index (κ2) is 6.77. The van der Waals surface area contributed by atoms with Gasteiger partial charge in [0.15, 0.2) is 0 Å². The summed E-state index contributed by atoms with van der Waals surface area (Å²) >= 11 is 3.43. The average molecular weight is 299 g/mol. The lowest BCUT2D eigenvalue weighted by Gasteiger charge is -2.14. The number of halogens is 1. The summed E-state index contributed by atoms with van der Waals surface area (Å²) in [5, 5.41) is 2.87. The highest BCUT2D eigenvalue weighted by Crippen LogP contribution is 2.23. The van der Waals surface area contributed by atoms with Crippen LogP contribution >= 0.6 is 15.9 Å². The van der Waals surface area contributed by atoms with E-state index in [9.17, 15) is 4.79 Å². The smallest absolute Gasteiger partial charge is 0.241 e. The molecule has 0 heterocycles. The molecule has 0 spiro atoms. The average Bonchev–Trinajstić information content (AvgIpc) is 2.31. The van der Waals surface area contributed by atoms with Gasteiger partial charge in [-0.15, -0.1) is 0 Å². The standard InChI is InChI=1S/C13H19BrN2O/c1-3-4-7-11(15)13(17)16-12-8-5-6-10(14)9(12)2/h5-6,8,11H,3-4,7,15H2,1-2H3,(H,16,17). The number of hydrogen-bond acceptors (Lipinski definition) is 2. The van der Waals surface area contributed by atoms with Crippen molar-refractivity contribution in [3.8, 4) is 0 Å². The molecule has 0 radical (unpaired) electrons. The molecule has 1 rings (SSSR count). The number of benzene rings is 1. The molecule has 0 aliphatic heterocycles. The summed E-state index contributed by atoms with van der Waals surface area (Å²) in [6.45, 7) is 4.04. The van der Waals surface area contributed by atoms with E-state index < -0.39 is 6.04 Å². The molecule has 0 aromatic heterocycles. The van der Waals surface area contributed by atoms with Crippen LogP contribution in [0, 0.1) is 6.92 Å². The van der Waals surface area contributed by atoms with Crippen molar-refractivity contribution in [1.82, 2.24) is 0 Å². The molecule has 1 atom stereocenters. The van der Waals surface area contributed by atoms with E-state index in [-0.39, 0.29) is 5.91 Å². The number of amides is 1. The van der Waals surface area contributed by atoms with Gasteiger partial charge in [0.25, 0.3) is 0 Å². The zero-order valence-electron chi connectivity index (χ0n) is 10.3. The Balaban J connectivity index is 2.64.